The number of esters is 1. The van der Waals surface area contributed by atoms with E-state index in [0.29, 0.717) is 12.2 Å². The van der Waals surface area contributed by atoms with Gasteiger partial charge < -0.3 is 9.30 Å². The first-order valence-corrected chi connectivity index (χ1v) is 7.56. The van der Waals surface area contributed by atoms with Crippen molar-refractivity contribution in [3.63, 3.8) is 0 Å². The highest BCUT2D eigenvalue weighted by molar-refractivity contribution is 8.00. The van der Waals surface area contributed by atoms with Gasteiger partial charge in [-0.2, -0.15) is 0 Å². The third kappa shape index (κ3) is 3.08. The van der Waals surface area contributed by atoms with Crippen LogP contribution in [0.25, 0.3) is 5.70 Å². The lowest BCUT2D eigenvalue weighted by molar-refractivity contribution is 0.0373. The van der Waals surface area contributed by atoms with Crippen molar-refractivity contribution in [3.05, 3.63) is 23.4 Å². The van der Waals surface area contributed by atoms with Crippen molar-refractivity contribution in [2.75, 3.05) is 19.4 Å². The zero-order chi connectivity index (χ0) is 14.7. The summed E-state index contributed by atoms with van der Waals surface area (Å²) in [6.45, 7) is 6.15. The molecule has 1 aromatic rings. The van der Waals surface area contributed by atoms with Gasteiger partial charge in [0.1, 0.15) is 0 Å². The molecule has 20 heavy (non-hydrogen) atoms. The third-order valence-electron chi connectivity index (χ3n) is 2.91. The fourth-order valence-electron chi connectivity index (χ4n) is 2.07. The Bertz CT molecular complexity index is 535. The summed E-state index contributed by atoms with van der Waals surface area (Å²) < 4.78 is 7.37. The quantitative estimate of drug-likeness (QED) is 0.514. The number of hydrogen-bond acceptors (Lipinski definition) is 5. The first kappa shape index (κ1) is 15.2. The molecule has 5 nitrogen and oxygen atoms in total. The van der Waals surface area contributed by atoms with Crippen molar-refractivity contribution >= 4 is 23.4 Å². The Morgan fingerprint density at radius 2 is 2.35 bits per heavy atom. The molecule has 110 valence electrons. The molecule has 0 atom stereocenters. The molecule has 1 aromatic heterocycles. The Kier molecular flexibility index (Phi) is 4.91. The van der Waals surface area contributed by atoms with Crippen LogP contribution in [0.15, 0.2) is 17.3 Å². The molecule has 2 heterocycles. The summed E-state index contributed by atoms with van der Waals surface area (Å²) in [6.07, 6.45) is 3.89. The van der Waals surface area contributed by atoms with Crippen LogP contribution in [0.1, 0.15) is 29.8 Å². The Hall–Kier alpha value is -1.24. The normalized spacial score (nSPS) is 15.9. The van der Waals surface area contributed by atoms with Crippen LogP contribution in [-0.4, -0.2) is 36.0 Å². The monoisotopic (exact) mass is 296 g/mol. The van der Waals surface area contributed by atoms with Crippen LogP contribution in [-0.2, 0) is 9.57 Å². The molecule has 1 aliphatic heterocycles. The summed E-state index contributed by atoms with van der Waals surface area (Å²) >= 11 is 1.65. The van der Waals surface area contributed by atoms with E-state index in [1.54, 1.807) is 18.8 Å². The maximum absolute atomic E-state index is 12.2. The number of nitrogens with zero attached hydrogens (tertiary/aromatic N) is 1. The molecule has 0 saturated heterocycles. The van der Waals surface area contributed by atoms with E-state index in [2.05, 4.69) is 10.0 Å². The lowest BCUT2D eigenvalue weighted by Crippen LogP contribution is -2.12. The van der Waals surface area contributed by atoms with Crippen molar-refractivity contribution in [3.8, 4) is 0 Å². The summed E-state index contributed by atoms with van der Waals surface area (Å²) in [5.74, 6) is 0.594. The van der Waals surface area contributed by atoms with Gasteiger partial charge in [0.2, 0.25) is 0 Å². The zero-order valence-electron chi connectivity index (χ0n) is 12.2. The molecular formula is C14H20N2O3S. The standard InChI is InChI=1S/C14H20N2O3S/c1-9(2)19-14(17)12-10(3)7-16-11(5-6-18-15-4)8-20-13(12)16/h5,7,9,15H,6,8H2,1-4H3/b11-5+. The second-order valence-corrected chi connectivity index (χ2v) is 5.78. The van der Waals surface area contributed by atoms with Gasteiger partial charge in [0.15, 0.2) is 0 Å². The van der Waals surface area contributed by atoms with Crippen LogP contribution in [0.5, 0.6) is 0 Å². The SMILES string of the molecule is CNOC/C=C1\CSc2c(C(=O)OC(C)C)c(C)cn21. The van der Waals surface area contributed by atoms with Gasteiger partial charge >= 0.3 is 5.97 Å². The van der Waals surface area contributed by atoms with Gasteiger partial charge in [-0.05, 0) is 32.4 Å². The number of ether oxygens (including phenoxy) is 1. The largest absolute Gasteiger partial charge is 0.459 e. The van der Waals surface area contributed by atoms with Gasteiger partial charge in [-0.15, -0.1) is 11.8 Å². The van der Waals surface area contributed by atoms with Gasteiger partial charge in [0, 0.05) is 24.7 Å². The minimum Gasteiger partial charge on any atom is -0.459 e. The number of carbonyl (C=O) groups excluding carboxylic acids is 1. The second kappa shape index (κ2) is 6.47. The number of hydrogen-bond donors (Lipinski definition) is 1. The lowest BCUT2D eigenvalue weighted by Gasteiger charge is -2.08. The van der Waals surface area contributed by atoms with Crippen LogP contribution in [0.3, 0.4) is 0 Å². The fraction of sp³-hybridized carbons (Fsp3) is 0.500. The van der Waals surface area contributed by atoms with Crippen LogP contribution in [0.2, 0.25) is 0 Å². The maximum atomic E-state index is 12.2. The Labute approximate surface area is 123 Å². The van der Waals surface area contributed by atoms with Crippen molar-refractivity contribution in [1.29, 1.82) is 0 Å². The Morgan fingerprint density at radius 3 is 3.00 bits per heavy atom. The fourth-order valence-corrected chi connectivity index (χ4v) is 3.31. The number of hydroxylamine groups is 1. The van der Waals surface area contributed by atoms with Crippen molar-refractivity contribution in [2.24, 2.45) is 0 Å². The maximum Gasteiger partial charge on any atom is 0.341 e. The molecule has 6 heteroatoms. The van der Waals surface area contributed by atoms with E-state index in [4.69, 9.17) is 9.57 Å². The molecule has 0 aliphatic carbocycles. The van der Waals surface area contributed by atoms with E-state index in [1.807, 2.05) is 33.0 Å². The van der Waals surface area contributed by atoms with E-state index in [-0.39, 0.29) is 12.1 Å². The summed E-state index contributed by atoms with van der Waals surface area (Å²) in [5.41, 5.74) is 5.39. The zero-order valence-corrected chi connectivity index (χ0v) is 13.0. The predicted molar refractivity (Wildman–Crippen MR) is 79.7 cm³/mol. The molecule has 0 radical (unpaired) electrons. The van der Waals surface area contributed by atoms with Gasteiger partial charge in [-0.1, -0.05) is 0 Å². The summed E-state index contributed by atoms with van der Waals surface area (Å²) in [5, 5.41) is 0.962. The number of aromatic nitrogens is 1. The minimum atomic E-state index is -0.244. The van der Waals surface area contributed by atoms with E-state index in [0.717, 1.165) is 22.0 Å². The minimum absolute atomic E-state index is 0.108. The number of thioether (sulfide) groups is 1. The molecule has 0 saturated carbocycles. The molecular weight excluding hydrogens is 276 g/mol. The highest BCUT2D eigenvalue weighted by Gasteiger charge is 2.27. The highest BCUT2D eigenvalue weighted by atomic mass is 32.2. The molecule has 0 unspecified atom stereocenters. The number of fused-ring (bicyclic) bond motifs is 1. The summed E-state index contributed by atoms with van der Waals surface area (Å²) in [7, 11) is 1.73. The van der Waals surface area contributed by atoms with Crippen molar-refractivity contribution in [1.82, 2.24) is 10.0 Å². The molecule has 1 N–H and O–H groups in total. The first-order valence-electron chi connectivity index (χ1n) is 6.58. The number of rotatable bonds is 5. The topological polar surface area (TPSA) is 52.5 Å². The Balaban J connectivity index is 2.25. The van der Waals surface area contributed by atoms with E-state index >= 15 is 0 Å². The Morgan fingerprint density at radius 1 is 1.60 bits per heavy atom. The molecule has 0 spiro atoms. The number of aryl methyl sites for hydroxylation is 1. The smallest absolute Gasteiger partial charge is 0.341 e. The van der Waals surface area contributed by atoms with Gasteiger partial charge in [0.05, 0.1) is 23.3 Å². The van der Waals surface area contributed by atoms with Gasteiger partial charge in [-0.25, -0.2) is 10.3 Å². The van der Waals surface area contributed by atoms with Gasteiger partial charge in [-0.3, -0.25) is 4.84 Å². The van der Waals surface area contributed by atoms with Crippen LogP contribution < -0.4 is 5.48 Å². The van der Waals surface area contributed by atoms with Crippen molar-refractivity contribution < 1.29 is 14.4 Å². The lowest BCUT2D eigenvalue weighted by atomic mass is 10.2. The highest BCUT2D eigenvalue weighted by Crippen LogP contribution is 2.38. The van der Waals surface area contributed by atoms with Crippen LogP contribution in [0, 0.1) is 6.92 Å². The predicted octanol–water partition coefficient (Wildman–Crippen LogP) is 2.46. The molecule has 1 aliphatic rings. The van der Waals surface area contributed by atoms with Crippen molar-refractivity contribution in [2.45, 2.75) is 31.9 Å². The number of carbonyl (C=O) groups is 1. The molecule has 0 amide bonds. The third-order valence-corrected chi connectivity index (χ3v) is 4.02. The van der Waals surface area contributed by atoms with E-state index < -0.39 is 0 Å². The first-order chi connectivity index (χ1) is 9.54. The van der Waals surface area contributed by atoms with E-state index in [9.17, 15) is 4.79 Å². The molecule has 0 fully saturated rings. The molecule has 2 rings (SSSR count). The van der Waals surface area contributed by atoms with E-state index in [1.165, 1.54) is 0 Å². The molecule has 0 aromatic carbocycles. The average Bonchev–Trinajstić information content (AvgIpc) is 2.87. The molecule has 0 bridgehead atoms. The summed E-state index contributed by atoms with van der Waals surface area (Å²) in [4.78, 5) is 17.3. The van der Waals surface area contributed by atoms with Gasteiger partial charge in [0.25, 0.3) is 0 Å². The van der Waals surface area contributed by atoms with Crippen LogP contribution >= 0.6 is 11.8 Å². The summed E-state index contributed by atoms with van der Waals surface area (Å²) in [6, 6.07) is 0. The number of nitrogens with one attached hydrogen (secondary N) is 1. The average molecular weight is 296 g/mol. The second-order valence-electron chi connectivity index (χ2n) is 4.82. The van der Waals surface area contributed by atoms with Crippen LogP contribution in [0.4, 0.5) is 0 Å².